The number of fused-ring (bicyclic) bond motifs is 6. The first-order chi connectivity index (χ1) is 12.7. The van der Waals surface area contributed by atoms with Crippen LogP contribution in [0.4, 0.5) is 0 Å². The van der Waals surface area contributed by atoms with Crippen molar-refractivity contribution >= 4 is 23.3 Å². The van der Waals surface area contributed by atoms with E-state index >= 15 is 0 Å². The minimum atomic E-state index is -1.19. The largest absolute Gasteiger partial charge is 0.0711 e. The van der Waals surface area contributed by atoms with Crippen LogP contribution in [0.15, 0.2) is 0 Å². The molecular weight excluding hydrogens is 373 g/mol. The van der Waals surface area contributed by atoms with Crippen molar-refractivity contribution in [2.45, 2.75) is 126 Å². The maximum atomic E-state index is 2.96. The lowest BCUT2D eigenvalue weighted by Crippen LogP contribution is -2.62. The predicted octanol–water partition coefficient (Wildman–Crippen LogP) is 8.10. The first-order valence-corrected chi connectivity index (χ1v) is 23.0. The average molecular weight is 419 g/mol. The fraction of sp³-hybridized carbons (Fsp3) is 1.00. The van der Waals surface area contributed by atoms with Gasteiger partial charge in [0.2, 0.25) is 0 Å². The third-order valence-electron chi connectivity index (χ3n) is 12.1. The molecule has 0 N–H and O–H groups in total. The maximum absolute atomic E-state index is 2.96. The van der Waals surface area contributed by atoms with Gasteiger partial charge in [-0.3, -0.25) is 0 Å². The molecule has 8 atom stereocenters. The molecule has 5 aliphatic rings. The first-order valence-electron chi connectivity index (χ1n) is 12.7. The zero-order chi connectivity index (χ0) is 19.2. The molecule has 4 saturated carbocycles. The lowest BCUT2D eigenvalue weighted by atomic mass is 9.82. The summed E-state index contributed by atoms with van der Waals surface area (Å²) in [6.07, 6.45) is 16.1. The summed E-state index contributed by atoms with van der Waals surface area (Å²) in [5.41, 5.74) is 4.90. The standard InChI is InChI=1S/C24H46Si3/c1-25(2)21-15-17-11-7-9-13-19(17)23(21)26(3,4)27(5,6)24-20-14-10-8-12-18(20)16-22(24)25/h17-24H,7-16H2,1-6H3. The minimum Gasteiger partial charge on any atom is -0.0711 e. The van der Waals surface area contributed by atoms with Crippen LogP contribution in [0.5, 0.6) is 0 Å². The molecule has 4 aliphatic carbocycles. The van der Waals surface area contributed by atoms with Gasteiger partial charge < -0.3 is 0 Å². The van der Waals surface area contributed by atoms with Crippen LogP contribution >= 0.6 is 0 Å². The van der Waals surface area contributed by atoms with Gasteiger partial charge in [0.25, 0.3) is 0 Å². The third-order valence-corrected chi connectivity index (χ3v) is 38.0. The lowest BCUT2D eigenvalue weighted by Gasteiger charge is -2.51. The van der Waals surface area contributed by atoms with E-state index in [4.69, 9.17) is 0 Å². The van der Waals surface area contributed by atoms with Crippen LogP contribution in [-0.4, -0.2) is 23.3 Å². The van der Waals surface area contributed by atoms with E-state index in [2.05, 4.69) is 39.3 Å². The van der Waals surface area contributed by atoms with Gasteiger partial charge in [-0.15, -0.1) is 0 Å². The highest BCUT2D eigenvalue weighted by Crippen LogP contribution is 2.74. The number of hydrogen-bond acceptors (Lipinski definition) is 0. The molecule has 154 valence electrons. The van der Waals surface area contributed by atoms with E-state index in [9.17, 15) is 0 Å². The second-order valence-corrected chi connectivity index (χ2v) is 34.5. The van der Waals surface area contributed by atoms with Crippen molar-refractivity contribution < 1.29 is 0 Å². The Hall–Kier alpha value is 0.651. The van der Waals surface area contributed by atoms with Crippen molar-refractivity contribution in [2.24, 2.45) is 23.7 Å². The smallest absolute Gasteiger partial charge is 0.0536 e. The molecule has 27 heavy (non-hydrogen) atoms. The maximum Gasteiger partial charge on any atom is 0.0536 e. The van der Waals surface area contributed by atoms with Crippen LogP contribution in [0.3, 0.4) is 0 Å². The number of rotatable bonds is 0. The van der Waals surface area contributed by atoms with Crippen molar-refractivity contribution in [1.29, 1.82) is 0 Å². The van der Waals surface area contributed by atoms with Crippen LogP contribution < -0.4 is 0 Å². The zero-order valence-electron chi connectivity index (χ0n) is 19.2. The third kappa shape index (κ3) is 2.55. The monoisotopic (exact) mass is 418 g/mol. The summed E-state index contributed by atoms with van der Waals surface area (Å²) >= 11 is 0. The van der Waals surface area contributed by atoms with Gasteiger partial charge in [-0.2, -0.15) is 0 Å². The molecule has 0 amide bonds. The normalized spacial score (nSPS) is 52.2. The molecule has 1 saturated heterocycles. The lowest BCUT2D eigenvalue weighted by molar-refractivity contribution is 0.273. The predicted molar refractivity (Wildman–Crippen MR) is 128 cm³/mol. The van der Waals surface area contributed by atoms with Crippen molar-refractivity contribution in [1.82, 2.24) is 0 Å². The summed E-state index contributed by atoms with van der Waals surface area (Å²) in [4.78, 5) is 0. The molecule has 0 bridgehead atoms. The Bertz CT molecular complexity index is 544. The molecule has 8 unspecified atom stereocenters. The van der Waals surface area contributed by atoms with Crippen LogP contribution in [-0.2, 0) is 0 Å². The summed E-state index contributed by atoms with van der Waals surface area (Å²) in [5.74, 6) is 4.64. The molecule has 0 aromatic heterocycles. The number of hydrogen-bond donors (Lipinski definition) is 0. The Morgan fingerprint density at radius 3 is 1.30 bits per heavy atom. The summed E-state index contributed by atoms with van der Waals surface area (Å²) in [6, 6.07) is 0. The minimum absolute atomic E-state index is 1.15. The summed E-state index contributed by atoms with van der Waals surface area (Å²) in [6.45, 7) is 17.7. The highest BCUT2D eigenvalue weighted by molar-refractivity contribution is 7.42. The molecule has 5 fully saturated rings. The molecule has 0 radical (unpaired) electrons. The SMILES string of the molecule is C[Si]1(C)C2CC3CCCCC3C2[Si](C)(C)[Si](C)(C)C2C3CCCCC3CC21. The summed E-state index contributed by atoms with van der Waals surface area (Å²) in [7, 11) is -3.55. The Morgan fingerprint density at radius 2 is 0.889 bits per heavy atom. The first kappa shape index (κ1) is 19.6. The van der Waals surface area contributed by atoms with Gasteiger partial charge in [-0.25, -0.2) is 0 Å². The zero-order valence-corrected chi connectivity index (χ0v) is 22.2. The Morgan fingerprint density at radius 1 is 0.519 bits per heavy atom. The van der Waals surface area contributed by atoms with Crippen molar-refractivity contribution in [3.8, 4) is 0 Å². The van der Waals surface area contributed by atoms with Crippen LogP contribution in [0.25, 0.3) is 0 Å². The summed E-state index contributed by atoms with van der Waals surface area (Å²) < 4.78 is 0. The van der Waals surface area contributed by atoms with Crippen LogP contribution in [0.2, 0.25) is 61.4 Å². The van der Waals surface area contributed by atoms with Gasteiger partial charge >= 0.3 is 0 Å². The van der Waals surface area contributed by atoms with Crippen LogP contribution in [0, 0.1) is 23.7 Å². The summed E-state index contributed by atoms with van der Waals surface area (Å²) in [5, 5.41) is 0. The topological polar surface area (TPSA) is 0 Å². The van der Waals surface area contributed by atoms with Gasteiger partial charge in [-0.1, -0.05) is 90.6 Å². The van der Waals surface area contributed by atoms with Gasteiger partial charge in [0.1, 0.15) is 0 Å². The molecule has 3 heteroatoms. The molecule has 0 aromatic rings. The second kappa shape index (κ2) is 6.33. The molecule has 0 spiro atoms. The Kier molecular flexibility index (Phi) is 4.59. The van der Waals surface area contributed by atoms with Gasteiger partial charge in [0, 0.05) is 15.2 Å². The quantitative estimate of drug-likeness (QED) is 0.348. The van der Waals surface area contributed by atoms with Gasteiger partial charge in [0.15, 0.2) is 0 Å². The van der Waals surface area contributed by atoms with Crippen LogP contribution in [0.1, 0.15) is 64.2 Å². The van der Waals surface area contributed by atoms with E-state index in [0.29, 0.717) is 0 Å². The highest BCUT2D eigenvalue weighted by atomic mass is 29.3. The van der Waals surface area contributed by atoms with Crippen molar-refractivity contribution in [2.75, 3.05) is 0 Å². The van der Waals surface area contributed by atoms with Gasteiger partial charge in [-0.05, 0) is 58.7 Å². The molecule has 1 heterocycles. The molecule has 5 rings (SSSR count). The van der Waals surface area contributed by atoms with E-state index in [1.165, 1.54) is 34.0 Å². The fourth-order valence-corrected chi connectivity index (χ4v) is 35.7. The molecule has 0 aromatic carbocycles. The van der Waals surface area contributed by atoms with E-state index in [0.717, 1.165) is 11.8 Å². The molecule has 0 nitrogen and oxygen atoms in total. The van der Waals surface area contributed by atoms with E-state index in [1.807, 2.05) is 0 Å². The van der Waals surface area contributed by atoms with E-state index < -0.39 is 23.3 Å². The van der Waals surface area contributed by atoms with Crippen molar-refractivity contribution in [3.05, 3.63) is 0 Å². The van der Waals surface area contributed by atoms with E-state index in [1.54, 1.807) is 64.2 Å². The molecule has 1 aliphatic heterocycles. The Balaban J connectivity index is 1.63. The van der Waals surface area contributed by atoms with Crippen molar-refractivity contribution in [3.63, 3.8) is 0 Å². The van der Waals surface area contributed by atoms with Gasteiger partial charge in [0.05, 0.1) is 8.07 Å². The fourth-order valence-electron chi connectivity index (χ4n) is 10.3. The molecular formula is C24H46Si3. The second-order valence-electron chi connectivity index (χ2n) is 13.4. The Labute approximate surface area is 172 Å². The van der Waals surface area contributed by atoms with E-state index in [-0.39, 0.29) is 0 Å². The average Bonchev–Trinajstić information content (AvgIpc) is 3.20. The highest BCUT2D eigenvalue weighted by Gasteiger charge is 2.69.